The maximum absolute atomic E-state index is 12.9. The van der Waals surface area contributed by atoms with Crippen LogP contribution in [0.4, 0.5) is 0 Å². The lowest BCUT2D eigenvalue weighted by atomic mass is 9.79. The first-order valence-electron chi connectivity index (χ1n) is 10.1. The molecule has 1 atom stereocenters. The second-order valence-electron chi connectivity index (χ2n) is 8.28. The highest BCUT2D eigenvalue weighted by molar-refractivity contribution is 5.98. The van der Waals surface area contributed by atoms with Gasteiger partial charge in [0.05, 0.1) is 18.6 Å². The number of aromatic nitrogens is 1. The van der Waals surface area contributed by atoms with Crippen LogP contribution in [0.25, 0.3) is 10.9 Å². The first-order valence-corrected chi connectivity index (χ1v) is 10.1. The molecule has 0 bridgehead atoms. The zero-order chi connectivity index (χ0) is 18.3. The maximum Gasteiger partial charge on any atom is 0.254 e. The average Bonchev–Trinajstić information content (AvgIpc) is 3.40. The number of fused-ring (bicyclic) bond motifs is 1. The van der Waals surface area contributed by atoms with Crippen LogP contribution in [0.5, 0.6) is 0 Å². The monoisotopic (exact) mass is 366 g/mol. The molecular weight excluding hydrogens is 340 g/mol. The predicted octanol–water partition coefficient (Wildman–Crippen LogP) is 3.28. The molecule has 2 aromatic rings. The van der Waals surface area contributed by atoms with Crippen molar-refractivity contribution in [3.8, 4) is 0 Å². The molecule has 3 fully saturated rings. The summed E-state index contributed by atoms with van der Waals surface area (Å²) in [6, 6.07) is 9.63. The fourth-order valence-corrected chi connectivity index (χ4v) is 4.44. The van der Waals surface area contributed by atoms with Gasteiger partial charge in [0.1, 0.15) is 5.60 Å². The van der Waals surface area contributed by atoms with E-state index in [4.69, 9.17) is 9.47 Å². The molecule has 2 aliphatic heterocycles. The summed E-state index contributed by atoms with van der Waals surface area (Å²) in [7, 11) is 0. The second-order valence-corrected chi connectivity index (χ2v) is 8.28. The van der Waals surface area contributed by atoms with Gasteiger partial charge in [-0.25, -0.2) is 0 Å². The van der Waals surface area contributed by atoms with Gasteiger partial charge in [0.2, 0.25) is 0 Å². The highest BCUT2D eigenvalue weighted by atomic mass is 16.5. The van der Waals surface area contributed by atoms with Crippen LogP contribution in [0.15, 0.2) is 36.5 Å². The summed E-state index contributed by atoms with van der Waals surface area (Å²) >= 11 is 0. The summed E-state index contributed by atoms with van der Waals surface area (Å²) in [4.78, 5) is 19.1. The number of ether oxygens (including phenoxy) is 2. The van der Waals surface area contributed by atoms with Crippen LogP contribution in [0.3, 0.4) is 0 Å². The van der Waals surface area contributed by atoms with Crippen molar-refractivity contribution in [3.63, 3.8) is 0 Å². The van der Waals surface area contributed by atoms with Gasteiger partial charge in [-0.3, -0.25) is 9.78 Å². The van der Waals surface area contributed by atoms with E-state index in [0.717, 1.165) is 55.0 Å². The number of amides is 1. The molecule has 1 amide bonds. The highest BCUT2D eigenvalue weighted by Gasteiger charge is 2.54. The number of rotatable bonds is 6. The molecule has 1 aromatic carbocycles. The van der Waals surface area contributed by atoms with Gasteiger partial charge in [-0.2, -0.15) is 0 Å². The van der Waals surface area contributed by atoms with Gasteiger partial charge in [0.15, 0.2) is 0 Å². The third-order valence-corrected chi connectivity index (χ3v) is 6.32. The highest BCUT2D eigenvalue weighted by Crippen LogP contribution is 2.42. The number of carbonyl (C=O) groups excluding carboxylic acids is 1. The SMILES string of the molecule is O=C(c1ccc2ncccc2c1)N1CC2(C1)OCCC2CCOCC1CC1. The smallest absolute Gasteiger partial charge is 0.254 e. The lowest BCUT2D eigenvalue weighted by molar-refractivity contribution is -0.120. The largest absolute Gasteiger partial charge is 0.381 e. The van der Waals surface area contributed by atoms with E-state index in [-0.39, 0.29) is 11.5 Å². The van der Waals surface area contributed by atoms with Crippen molar-refractivity contribution in [2.75, 3.05) is 32.9 Å². The second kappa shape index (κ2) is 6.88. The quantitative estimate of drug-likeness (QED) is 0.736. The van der Waals surface area contributed by atoms with Crippen molar-refractivity contribution in [1.82, 2.24) is 9.88 Å². The third-order valence-electron chi connectivity index (χ3n) is 6.32. The minimum Gasteiger partial charge on any atom is -0.381 e. The predicted molar refractivity (Wildman–Crippen MR) is 103 cm³/mol. The van der Waals surface area contributed by atoms with E-state index in [1.165, 1.54) is 12.8 Å². The van der Waals surface area contributed by atoms with Crippen LogP contribution in [0.2, 0.25) is 0 Å². The van der Waals surface area contributed by atoms with Gasteiger partial charge in [0.25, 0.3) is 5.91 Å². The van der Waals surface area contributed by atoms with Crippen molar-refractivity contribution >= 4 is 16.8 Å². The van der Waals surface area contributed by atoms with Crippen molar-refractivity contribution in [3.05, 3.63) is 42.1 Å². The molecule has 0 radical (unpaired) electrons. The van der Waals surface area contributed by atoms with Crippen LogP contribution in [0.1, 0.15) is 36.0 Å². The molecular formula is C22H26N2O3. The van der Waals surface area contributed by atoms with Gasteiger partial charge in [-0.15, -0.1) is 0 Å². The molecule has 5 heteroatoms. The summed E-state index contributed by atoms with van der Waals surface area (Å²) in [5.74, 6) is 1.40. The number of hydrogen-bond donors (Lipinski definition) is 0. The Labute approximate surface area is 159 Å². The van der Waals surface area contributed by atoms with Gasteiger partial charge >= 0.3 is 0 Å². The first-order chi connectivity index (χ1) is 13.2. The molecule has 1 spiro atoms. The molecule has 3 aliphatic rings. The summed E-state index contributed by atoms with van der Waals surface area (Å²) in [5, 5.41) is 1.00. The fraction of sp³-hybridized carbons (Fsp3) is 0.545. The Kier molecular flexibility index (Phi) is 4.37. The Morgan fingerprint density at radius 3 is 3.00 bits per heavy atom. The molecule has 3 heterocycles. The third kappa shape index (κ3) is 3.34. The summed E-state index contributed by atoms with van der Waals surface area (Å²) < 4.78 is 11.9. The Bertz CT molecular complexity index is 842. The van der Waals surface area contributed by atoms with E-state index in [1.807, 2.05) is 35.2 Å². The van der Waals surface area contributed by atoms with Crippen LogP contribution in [-0.4, -0.2) is 54.3 Å². The molecule has 27 heavy (non-hydrogen) atoms. The van der Waals surface area contributed by atoms with E-state index in [1.54, 1.807) is 6.20 Å². The lowest BCUT2D eigenvalue weighted by Crippen LogP contribution is -2.66. The zero-order valence-electron chi connectivity index (χ0n) is 15.6. The minimum absolute atomic E-state index is 0.0885. The van der Waals surface area contributed by atoms with Crippen LogP contribution < -0.4 is 0 Å². The minimum atomic E-state index is -0.142. The van der Waals surface area contributed by atoms with Gasteiger partial charge in [-0.05, 0) is 61.8 Å². The number of nitrogens with zero attached hydrogens (tertiary/aromatic N) is 2. The fourth-order valence-electron chi connectivity index (χ4n) is 4.44. The summed E-state index contributed by atoms with van der Waals surface area (Å²) in [6.45, 7) is 3.94. The molecule has 1 aromatic heterocycles. The number of pyridine rings is 1. The Morgan fingerprint density at radius 1 is 1.26 bits per heavy atom. The summed E-state index contributed by atoms with van der Waals surface area (Å²) in [5.41, 5.74) is 1.50. The molecule has 142 valence electrons. The van der Waals surface area contributed by atoms with Crippen molar-refractivity contribution in [1.29, 1.82) is 0 Å². The van der Waals surface area contributed by atoms with Crippen LogP contribution in [-0.2, 0) is 9.47 Å². The van der Waals surface area contributed by atoms with E-state index in [0.29, 0.717) is 19.0 Å². The molecule has 1 unspecified atom stereocenters. The Balaban J connectivity index is 1.19. The standard InChI is InChI=1S/C22H26N2O3/c25-21(18-5-6-20-17(12-18)2-1-9-23-20)24-14-22(15-24)19(8-11-27-22)7-10-26-13-16-3-4-16/h1-2,5-6,9,12,16,19H,3-4,7-8,10-11,13-15H2. The van der Waals surface area contributed by atoms with Gasteiger partial charge in [-0.1, -0.05) is 6.07 Å². The number of hydrogen-bond acceptors (Lipinski definition) is 4. The topological polar surface area (TPSA) is 51.7 Å². The molecule has 2 saturated heterocycles. The Hall–Kier alpha value is -1.98. The first kappa shape index (κ1) is 17.1. The van der Waals surface area contributed by atoms with Crippen molar-refractivity contribution in [2.24, 2.45) is 11.8 Å². The van der Waals surface area contributed by atoms with Crippen LogP contribution in [0, 0.1) is 11.8 Å². The maximum atomic E-state index is 12.9. The lowest BCUT2D eigenvalue weighted by Gasteiger charge is -2.50. The van der Waals surface area contributed by atoms with E-state index in [2.05, 4.69) is 4.98 Å². The molecule has 5 nitrogen and oxygen atoms in total. The zero-order valence-corrected chi connectivity index (χ0v) is 15.6. The van der Waals surface area contributed by atoms with Crippen molar-refractivity contribution in [2.45, 2.75) is 31.3 Å². The molecule has 1 saturated carbocycles. The van der Waals surface area contributed by atoms with E-state index in [9.17, 15) is 4.79 Å². The van der Waals surface area contributed by atoms with E-state index < -0.39 is 0 Å². The van der Waals surface area contributed by atoms with E-state index >= 15 is 0 Å². The average molecular weight is 366 g/mol. The number of carbonyl (C=O) groups is 1. The number of likely N-dealkylation sites (tertiary alicyclic amines) is 1. The number of benzene rings is 1. The molecule has 0 N–H and O–H groups in total. The Morgan fingerprint density at radius 2 is 2.15 bits per heavy atom. The normalized spacial score (nSPS) is 23.7. The van der Waals surface area contributed by atoms with Crippen LogP contribution >= 0.6 is 0 Å². The van der Waals surface area contributed by atoms with Crippen molar-refractivity contribution < 1.29 is 14.3 Å². The molecule has 1 aliphatic carbocycles. The summed E-state index contributed by atoms with van der Waals surface area (Å²) in [6.07, 6.45) is 6.55. The molecule has 5 rings (SSSR count). The van der Waals surface area contributed by atoms with Gasteiger partial charge in [0, 0.05) is 37.0 Å². The van der Waals surface area contributed by atoms with Gasteiger partial charge < -0.3 is 14.4 Å².